The van der Waals surface area contributed by atoms with Gasteiger partial charge in [0.25, 0.3) is 7.82 Å². The van der Waals surface area contributed by atoms with Crippen LogP contribution in [0.3, 0.4) is 0 Å². The van der Waals surface area contributed by atoms with Crippen molar-refractivity contribution in [2.45, 2.75) is 315 Å². The summed E-state index contributed by atoms with van der Waals surface area (Å²) in [4.78, 5) is 40.1. The molecule has 0 fully saturated rings. The third-order valence-corrected chi connectivity index (χ3v) is 15.8. The van der Waals surface area contributed by atoms with E-state index in [1.54, 1.807) is 0 Å². The van der Waals surface area contributed by atoms with Crippen molar-refractivity contribution < 1.29 is 37.3 Å². The molecule has 0 bridgehead atoms. The van der Waals surface area contributed by atoms with Gasteiger partial charge in [-0.05, 0) is 89.5 Å². The van der Waals surface area contributed by atoms with Crippen LogP contribution in [0.1, 0.15) is 303 Å². The molecular weight excluding hydrogens is 1020 g/mol. The molecule has 0 rings (SSSR count). The number of allylic oxidation sites excluding steroid dienone is 13. The number of hydrogen-bond donors (Lipinski definition) is 1. The van der Waals surface area contributed by atoms with Gasteiger partial charge in [0.2, 0.25) is 5.91 Å². The van der Waals surface area contributed by atoms with Gasteiger partial charge in [0.1, 0.15) is 19.3 Å². The molecule has 3 atom stereocenters. The zero-order valence-corrected chi connectivity index (χ0v) is 54.6. The minimum absolute atomic E-state index is 0.0273. The van der Waals surface area contributed by atoms with Crippen molar-refractivity contribution in [3.63, 3.8) is 0 Å². The van der Waals surface area contributed by atoms with Gasteiger partial charge in [-0.2, -0.15) is 0 Å². The van der Waals surface area contributed by atoms with E-state index in [0.29, 0.717) is 17.4 Å². The fourth-order valence-electron chi connectivity index (χ4n) is 9.65. The Morgan fingerprint density at radius 3 is 1.31 bits per heavy atom. The number of phosphoric acid groups is 1. The molecule has 0 spiro atoms. The first kappa shape index (κ1) is 78.2. The summed E-state index contributed by atoms with van der Waals surface area (Å²) in [7, 11) is 1.17. The Morgan fingerprint density at radius 2 is 0.840 bits per heavy atom. The molecule has 0 aromatic heterocycles. The topological polar surface area (TPSA) is 114 Å². The van der Waals surface area contributed by atoms with E-state index in [4.69, 9.17) is 13.8 Å². The molecule has 0 aromatic carbocycles. The normalized spacial score (nSPS) is 14.1. The van der Waals surface area contributed by atoms with Crippen LogP contribution in [0.25, 0.3) is 0 Å². The van der Waals surface area contributed by atoms with Gasteiger partial charge < -0.3 is 28.5 Å². The van der Waals surface area contributed by atoms with Crippen molar-refractivity contribution >= 4 is 19.7 Å². The zero-order valence-electron chi connectivity index (χ0n) is 53.7. The predicted molar refractivity (Wildman–Crippen MR) is 348 cm³/mol. The number of nitrogens with zero attached hydrogens (tertiary/aromatic N) is 1. The number of likely N-dealkylation sites (N-methyl/N-ethyl adjacent to an activating group) is 1. The highest BCUT2D eigenvalue weighted by Crippen LogP contribution is 2.38. The van der Waals surface area contributed by atoms with Crippen LogP contribution < -0.4 is 10.2 Å². The first-order chi connectivity index (χ1) is 39.4. The highest BCUT2D eigenvalue weighted by Gasteiger charge is 2.27. The Bertz CT molecular complexity index is 1660. The van der Waals surface area contributed by atoms with E-state index in [1.165, 1.54) is 180 Å². The summed E-state index contributed by atoms with van der Waals surface area (Å²) in [5.41, 5.74) is 0. The number of esters is 1. The summed E-state index contributed by atoms with van der Waals surface area (Å²) in [6, 6.07) is -0.898. The number of phosphoric ester groups is 1. The molecule has 3 unspecified atom stereocenters. The Kier molecular flexibility index (Phi) is 58.2. The zero-order chi connectivity index (χ0) is 59.3. The van der Waals surface area contributed by atoms with Crippen molar-refractivity contribution in [2.75, 3.05) is 40.9 Å². The van der Waals surface area contributed by atoms with Crippen molar-refractivity contribution in [1.82, 2.24) is 5.32 Å². The monoisotopic (exact) mass is 1150 g/mol. The molecular formula is C71H129N2O7P. The lowest BCUT2D eigenvalue weighted by Gasteiger charge is -2.30. The van der Waals surface area contributed by atoms with Crippen molar-refractivity contribution in [3.05, 3.63) is 85.1 Å². The fraction of sp³-hybridized carbons (Fsp3) is 0.775. The molecule has 0 aromatic rings. The van der Waals surface area contributed by atoms with Crippen LogP contribution in [0.15, 0.2) is 85.1 Å². The Morgan fingerprint density at radius 1 is 0.457 bits per heavy atom. The van der Waals surface area contributed by atoms with Crippen LogP contribution in [0.4, 0.5) is 0 Å². The SMILES string of the molecule is CC/C=C/C=C/C=C/CCCCCCCCCC(=O)NC(COP(=O)([O-])OCC[N+](C)(C)C)C(/C=C\CCCCCCCCCCCCC)OC(=O)CCCCCCCCCCCCCCCC/C=C\C/C=C\C/C=C\CCCCC. The summed E-state index contributed by atoms with van der Waals surface area (Å²) in [5.74, 6) is -0.551. The number of quaternary nitrogens is 1. The third-order valence-electron chi connectivity index (χ3n) is 14.9. The van der Waals surface area contributed by atoms with E-state index < -0.39 is 26.6 Å². The second-order valence-corrected chi connectivity index (χ2v) is 25.4. The lowest BCUT2D eigenvalue weighted by molar-refractivity contribution is -0.870. The lowest BCUT2D eigenvalue weighted by atomic mass is 10.0. The number of carbonyl (C=O) groups is 2. The maximum Gasteiger partial charge on any atom is 0.306 e. The van der Waals surface area contributed by atoms with Crippen LogP contribution >= 0.6 is 7.82 Å². The summed E-state index contributed by atoms with van der Waals surface area (Å²) < 4.78 is 30.4. The second kappa shape index (κ2) is 60.3. The van der Waals surface area contributed by atoms with E-state index in [2.05, 4.69) is 99.0 Å². The molecule has 0 aliphatic rings. The number of nitrogens with one attached hydrogen (secondary N) is 1. The molecule has 0 saturated heterocycles. The molecule has 0 saturated carbocycles. The third kappa shape index (κ3) is 61.6. The first-order valence-electron chi connectivity index (χ1n) is 33.9. The van der Waals surface area contributed by atoms with Gasteiger partial charge in [0, 0.05) is 12.8 Å². The molecule has 0 aliphatic heterocycles. The van der Waals surface area contributed by atoms with Crippen molar-refractivity contribution in [1.29, 1.82) is 0 Å². The van der Waals surface area contributed by atoms with Gasteiger partial charge in [-0.15, -0.1) is 0 Å². The predicted octanol–water partition coefficient (Wildman–Crippen LogP) is 20.7. The highest BCUT2D eigenvalue weighted by atomic mass is 31.2. The largest absolute Gasteiger partial charge is 0.756 e. The van der Waals surface area contributed by atoms with Crippen LogP contribution in [-0.2, 0) is 27.9 Å². The molecule has 1 N–H and O–H groups in total. The fourth-order valence-corrected chi connectivity index (χ4v) is 10.4. The standard InChI is InChI=1S/C71H129N2O7P/c1-7-10-13-16-19-22-25-28-30-31-32-33-34-35-36-37-38-39-40-41-43-46-49-52-55-58-61-64-71(75)80-69(62-59-56-53-50-47-44-27-24-21-18-15-12-9-3)68(67-79-81(76,77)78-66-65-73(4,5)6)72-70(74)63-60-57-54-51-48-45-42-29-26-23-20-17-14-11-8-2/h11,14,17,19-20,22-23,26,28,30,32-33,59,62,68-69H,7-10,12-13,15-16,18,21,24-25,27,29,31,34-58,60-61,63-67H2,1-6H3,(H-,72,74,76,77)/b14-11+,20-17+,22-19-,26-23+,30-28-,33-32-,62-59-. The van der Waals surface area contributed by atoms with Crippen LogP contribution in [-0.4, -0.2) is 69.4 Å². The first-order valence-corrected chi connectivity index (χ1v) is 35.4. The maximum absolute atomic E-state index is 13.5. The summed E-state index contributed by atoms with van der Waals surface area (Å²) in [6.45, 7) is 6.70. The van der Waals surface area contributed by atoms with E-state index in [-0.39, 0.29) is 24.9 Å². The lowest BCUT2D eigenvalue weighted by Crippen LogP contribution is -2.47. The second-order valence-electron chi connectivity index (χ2n) is 24.0. The summed E-state index contributed by atoms with van der Waals surface area (Å²) in [6.07, 6.45) is 79.9. The van der Waals surface area contributed by atoms with Crippen molar-refractivity contribution in [3.8, 4) is 0 Å². The number of unbranched alkanes of at least 4 members (excludes halogenated alkanes) is 35. The van der Waals surface area contributed by atoms with Crippen LogP contribution in [0.2, 0.25) is 0 Å². The molecule has 0 heterocycles. The number of hydrogen-bond acceptors (Lipinski definition) is 7. The maximum atomic E-state index is 13.5. The molecule has 470 valence electrons. The summed E-state index contributed by atoms with van der Waals surface area (Å²) in [5, 5.41) is 3.03. The Labute approximate surface area is 501 Å². The van der Waals surface area contributed by atoms with Crippen LogP contribution in [0, 0.1) is 0 Å². The van der Waals surface area contributed by atoms with Gasteiger partial charge in [-0.25, -0.2) is 0 Å². The van der Waals surface area contributed by atoms with Gasteiger partial charge in [0.05, 0.1) is 33.8 Å². The minimum Gasteiger partial charge on any atom is -0.756 e. The van der Waals surface area contributed by atoms with Gasteiger partial charge in [-0.1, -0.05) is 286 Å². The quantitative estimate of drug-likeness (QED) is 0.0161. The number of rotatable bonds is 61. The van der Waals surface area contributed by atoms with E-state index in [1.807, 2.05) is 33.3 Å². The number of ether oxygens (including phenoxy) is 1. The Balaban J connectivity index is 5.07. The smallest absolute Gasteiger partial charge is 0.306 e. The molecule has 9 nitrogen and oxygen atoms in total. The van der Waals surface area contributed by atoms with E-state index in [0.717, 1.165) is 89.9 Å². The van der Waals surface area contributed by atoms with E-state index in [9.17, 15) is 19.0 Å². The van der Waals surface area contributed by atoms with Crippen LogP contribution in [0.5, 0.6) is 0 Å². The average molecular weight is 1150 g/mol. The van der Waals surface area contributed by atoms with Gasteiger partial charge in [0.15, 0.2) is 0 Å². The molecule has 10 heteroatoms. The molecule has 0 radical (unpaired) electrons. The minimum atomic E-state index is -4.71. The van der Waals surface area contributed by atoms with E-state index >= 15 is 0 Å². The number of carbonyl (C=O) groups excluding carboxylic acids is 2. The average Bonchev–Trinajstić information content (AvgIpc) is 3.44. The molecule has 1 amide bonds. The van der Waals surface area contributed by atoms with Gasteiger partial charge in [-0.3, -0.25) is 14.2 Å². The number of amides is 1. The van der Waals surface area contributed by atoms with Gasteiger partial charge >= 0.3 is 5.97 Å². The molecule has 81 heavy (non-hydrogen) atoms. The Hall–Kier alpha value is -2.81. The molecule has 0 aliphatic carbocycles. The van der Waals surface area contributed by atoms with Crippen molar-refractivity contribution in [2.24, 2.45) is 0 Å². The summed E-state index contributed by atoms with van der Waals surface area (Å²) >= 11 is 0. The highest BCUT2D eigenvalue weighted by molar-refractivity contribution is 7.45.